The molecule has 1 aromatic heterocycles. The summed E-state index contributed by atoms with van der Waals surface area (Å²) in [6.45, 7) is 1.74. The van der Waals surface area contributed by atoms with Crippen LogP contribution in [0.15, 0.2) is 6.20 Å². The Morgan fingerprint density at radius 1 is 1.31 bits per heavy atom. The molecule has 26 heavy (non-hydrogen) atoms. The van der Waals surface area contributed by atoms with E-state index >= 15 is 0 Å². The topological polar surface area (TPSA) is 76.5 Å². The van der Waals surface area contributed by atoms with Gasteiger partial charge in [-0.2, -0.15) is 31.4 Å². The summed E-state index contributed by atoms with van der Waals surface area (Å²) in [6, 6.07) is -2.83. The highest BCUT2D eigenvalue weighted by Crippen LogP contribution is 2.25. The van der Waals surface area contributed by atoms with Crippen LogP contribution in [0.3, 0.4) is 0 Å². The van der Waals surface area contributed by atoms with Crippen LogP contribution in [0.2, 0.25) is 0 Å². The monoisotopic (exact) mass is 388 g/mol. The second-order valence-corrected chi connectivity index (χ2v) is 5.72. The highest BCUT2D eigenvalue weighted by atomic mass is 19.4. The molecule has 1 aliphatic heterocycles. The van der Waals surface area contributed by atoms with Crippen molar-refractivity contribution in [1.29, 1.82) is 0 Å². The van der Waals surface area contributed by atoms with Crippen molar-refractivity contribution in [2.75, 3.05) is 0 Å². The minimum Gasteiger partial charge on any atom is -0.360 e. The Bertz CT molecular complexity index is 699. The molecule has 0 fully saturated rings. The quantitative estimate of drug-likeness (QED) is 0.800. The summed E-state index contributed by atoms with van der Waals surface area (Å²) in [6.07, 6.45) is -8.86. The van der Waals surface area contributed by atoms with E-state index < -0.39 is 42.9 Å². The molecule has 146 valence electrons. The van der Waals surface area contributed by atoms with Gasteiger partial charge in [0.15, 0.2) is 0 Å². The number of hydrogen-bond acceptors (Lipinski definition) is 5. The molecule has 7 nitrogen and oxygen atoms in total. The van der Waals surface area contributed by atoms with Gasteiger partial charge in [-0.1, -0.05) is 0 Å². The Morgan fingerprint density at radius 2 is 1.92 bits per heavy atom. The van der Waals surface area contributed by atoms with Crippen LogP contribution >= 0.6 is 0 Å². The number of aromatic nitrogens is 2. The maximum atomic E-state index is 12.6. The van der Waals surface area contributed by atoms with E-state index in [2.05, 4.69) is 9.94 Å². The molecular weight excluding hydrogens is 374 g/mol. The van der Waals surface area contributed by atoms with E-state index in [0.29, 0.717) is 5.06 Å². The first-order valence-corrected chi connectivity index (χ1v) is 7.28. The van der Waals surface area contributed by atoms with Gasteiger partial charge in [-0.05, 0) is 13.8 Å². The number of rotatable bonds is 3. The van der Waals surface area contributed by atoms with Gasteiger partial charge in [0.1, 0.15) is 6.04 Å². The summed E-state index contributed by atoms with van der Waals surface area (Å²) in [5.74, 6) is -3.53. The predicted octanol–water partition coefficient (Wildman–Crippen LogP) is 1.79. The van der Waals surface area contributed by atoms with E-state index in [1.807, 2.05) is 0 Å². The van der Waals surface area contributed by atoms with Crippen molar-refractivity contribution in [2.45, 2.75) is 51.4 Å². The third kappa shape index (κ3) is 4.26. The molecule has 2 atom stereocenters. The van der Waals surface area contributed by atoms with E-state index in [1.165, 1.54) is 11.6 Å². The summed E-state index contributed by atoms with van der Waals surface area (Å²) in [5.41, 5.74) is -0.217. The Balaban J connectivity index is 2.17. The molecule has 0 unspecified atom stereocenters. The van der Waals surface area contributed by atoms with Crippen LogP contribution in [0, 0.1) is 0 Å². The number of alkyl halides is 6. The average Bonchev–Trinajstić information content (AvgIpc) is 2.88. The molecular formula is C13H14F6N4O3. The first kappa shape index (κ1) is 20.0. The Labute approximate surface area is 142 Å². The molecule has 1 aliphatic rings. The van der Waals surface area contributed by atoms with Crippen molar-refractivity contribution in [3.05, 3.63) is 17.5 Å². The maximum absolute atomic E-state index is 12.6. The highest BCUT2D eigenvalue weighted by molar-refractivity contribution is 5.95. The van der Waals surface area contributed by atoms with Gasteiger partial charge in [-0.25, -0.2) is 4.79 Å². The zero-order chi connectivity index (χ0) is 19.9. The smallest absolute Gasteiger partial charge is 0.360 e. The summed E-state index contributed by atoms with van der Waals surface area (Å²) in [4.78, 5) is 27.3. The number of nitrogens with one attached hydrogen (secondary N) is 1. The Kier molecular flexibility index (Phi) is 5.21. The molecule has 0 bridgehead atoms. The number of hydroxylamine groups is 2. The summed E-state index contributed by atoms with van der Waals surface area (Å²) < 4.78 is 75.9. The van der Waals surface area contributed by atoms with Crippen molar-refractivity contribution in [1.82, 2.24) is 20.2 Å². The number of fused-ring (bicyclic) bond motifs is 1. The van der Waals surface area contributed by atoms with E-state index in [4.69, 9.17) is 0 Å². The van der Waals surface area contributed by atoms with Gasteiger partial charge in [-0.15, -0.1) is 5.06 Å². The lowest BCUT2D eigenvalue weighted by molar-refractivity contribution is -0.251. The fourth-order valence-electron chi connectivity index (χ4n) is 2.21. The van der Waals surface area contributed by atoms with E-state index in [-0.39, 0.29) is 17.8 Å². The molecule has 0 spiro atoms. The van der Waals surface area contributed by atoms with Gasteiger partial charge in [-0.3, -0.25) is 9.48 Å². The zero-order valence-corrected chi connectivity index (χ0v) is 13.5. The Morgan fingerprint density at radius 3 is 2.46 bits per heavy atom. The van der Waals surface area contributed by atoms with Crippen LogP contribution in [0.5, 0.6) is 0 Å². The molecule has 13 heteroatoms. The zero-order valence-electron chi connectivity index (χ0n) is 13.5. The van der Waals surface area contributed by atoms with E-state index in [0.717, 1.165) is 13.1 Å². The number of carbonyl (C=O) groups excluding carboxylic acids is 2. The largest absolute Gasteiger partial charge is 0.492 e. The lowest BCUT2D eigenvalue weighted by atomic mass is 10.1. The van der Waals surface area contributed by atoms with E-state index in [9.17, 15) is 35.9 Å². The fraction of sp³-hybridized carbons (Fsp3) is 0.615. The molecule has 1 N–H and O–H groups in total. The minimum atomic E-state index is -5.21. The van der Waals surface area contributed by atoms with Crippen molar-refractivity contribution >= 4 is 11.9 Å². The van der Waals surface area contributed by atoms with Crippen molar-refractivity contribution < 1.29 is 40.8 Å². The van der Waals surface area contributed by atoms with Crippen LogP contribution in [-0.4, -0.2) is 51.2 Å². The molecule has 0 aliphatic carbocycles. The normalized spacial score (nSPS) is 19.6. The third-order valence-corrected chi connectivity index (χ3v) is 3.70. The molecule has 0 aromatic carbocycles. The fourth-order valence-corrected chi connectivity index (χ4v) is 2.21. The summed E-state index contributed by atoms with van der Waals surface area (Å²) in [7, 11) is 0. The first-order valence-electron chi connectivity index (χ1n) is 7.28. The van der Waals surface area contributed by atoms with Crippen LogP contribution in [0.25, 0.3) is 0 Å². The summed E-state index contributed by atoms with van der Waals surface area (Å²) in [5, 5.41) is 6.29. The Hall–Kier alpha value is -2.31. The van der Waals surface area contributed by atoms with Crippen LogP contribution in [0.4, 0.5) is 26.3 Å². The first-order chi connectivity index (χ1) is 11.8. The van der Waals surface area contributed by atoms with Gasteiger partial charge in [0.25, 0.3) is 5.91 Å². The highest BCUT2D eigenvalue weighted by Gasteiger charge is 2.44. The molecule has 1 amide bonds. The molecule has 2 rings (SSSR count). The molecule has 1 aromatic rings. The molecule has 2 heterocycles. The maximum Gasteiger partial charge on any atom is 0.492 e. The summed E-state index contributed by atoms with van der Waals surface area (Å²) >= 11 is 0. The lowest BCUT2D eigenvalue weighted by Gasteiger charge is -2.32. The number of nitrogens with zero attached hydrogens (tertiary/aromatic N) is 3. The molecule has 0 saturated carbocycles. The lowest BCUT2D eigenvalue weighted by Crippen LogP contribution is -2.46. The third-order valence-electron chi connectivity index (χ3n) is 3.70. The molecule has 0 saturated heterocycles. The van der Waals surface area contributed by atoms with Gasteiger partial charge in [0.2, 0.25) is 0 Å². The van der Waals surface area contributed by atoms with Gasteiger partial charge < -0.3 is 10.2 Å². The van der Waals surface area contributed by atoms with Crippen LogP contribution in [-0.2, 0) is 22.7 Å². The number of carbonyl (C=O) groups is 2. The minimum absolute atomic E-state index is 0.0252. The number of amides is 1. The van der Waals surface area contributed by atoms with Gasteiger partial charge in [0.05, 0.1) is 36.6 Å². The number of hydrogen-bond donors (Lipinski definition) is 1. The van der Waals surface area contributed by atoms with Crippen molar-refractivity contribution in [3.8, 4) is 0 Å². The number of halogens is 6. The standard InChI is InChI=1S/C13H14F6N4O3/c1-6-4-22-9(5-23(6)26-11(25)13(17,18)19)8(3-20-22)10(24)21-7(2)12(14,15)16/h3,6-7H,4-5H2,1-2H3,(H,21,24)/t6-,7+/m0/s1. The van der Waals surface area contributed by atoms with Crippen molar-refractivity contribution in [3.63, 3.8) is 0 Å². The molecule has 0 radical (unpaired) electrons. The van der Waals surface area contributed by atoms with E-state index in [1.54, 1.807) is 5.32 Å². The second-order valence-electron chi connectivity index (χ2n) is 5.72. The van der Waals surface area contributed by atoms with Gasteiger partial charge in [0, 0.05) is 0 Å². The van der Waals surface area contributed by atoms with Gasteiger partial charge >= 0.3 is 18.3 Å². The van der Waals surface area contributed by atoms with Crippen LogP contribution < -0.4 is 5.32 Å². The predicted molar refractivity (Wildman–Crippen MR) is 72.4 cm³/mol. The van der Waals surface area contributed by atoms with Crippen LogP contribution in [0.1, 0.15) is 29.9 Å². The average molecular weight is 388 g/mol. The second kappa shape index (κ2) is 6.78. The van der Waals surface area contributed by atoms with Crippen molar-refractivity contribution in [2.24, 2.45) is 0 Å². The SMILES string of the molecule is C[C@H]1Cn2ncc(C(=O)N[C@H](C)C(F)(F)F)c2CN1OC(=O)C(F)(F)F.